The number of likely N-dealkylation sites (tertiary alicyclic amines) is 1. The molecule has 1 aliphatic carbocycles. The van der Waals surface area contributed by atoms with E-state index >= 15 is 0 Å². The fourth-order valence-corrected chi connectivity index (χ4v) is 3.80. The molecule has 2 unspecified atom stereocenters. The minimum absolute atomic E-state index is 0. The molecule has 2 atom stereocenters. The van der Waals surface area contributed by atoms with Gasteiger partial charge in [-0.05, 0) is 43.9 Å². The van der Waals surface area contributed by atoms with Crippen LogP contribution in [-0.2, 0) is 0 Å². The Labute approximate surface area is 183 Å². The number of halogens is 2. The van der Waals surface area contributed by atoms with Crippen LogP contribution in [-0.4, -0.2) is 49.1 Å². The Bertz CT molecular complexity index is 596. The summed E-state index contributed by atoms with van der Waals surface area (Å²) in [5.74, 6) is 1.58. The molecular formula is C20H30BrIN4. The lowest BCUT2D eigenvalue weighted by Crippen LogP contribution is -2.49. The standard InChI is InChI=1S/C20H29BrN4.HI/c1-3-11-25-12-9-17(10-13-25)23-20(22-4-2)24-19-14-18(19)15-5-7-16(21)8-6-15;/h3,5-8,17-19H,1,4,9-14H2,2H3,(H2,22,23,24);1H. The van der Waals surface area contributed by atoms with Gasteiger partial charge in [0.1, 0.15) is 0 Å². The molecule has 0 bridgehead atoms. The normalized spacial score (nSPS) is 23.8. The van der Waals surface area contributed by atoms with Crippen LogP contribution in [0, 0.1) is 0 Å². The second kappa shape index (κ2) is 10.7. The number of nitrogens with one attached hydrogen (secondary N) is 2. The van der Waals surface area contributed by atoms with Crippen molar-refractivity contribution >= 4 is 45.9 Å². The van der Waals surface area contributed by atoms with Crippen molar-refractivity contribution in [3.8, 4) is 0 Å². The molecule has 144 valence electrons. The lowest BCUT2D eigenvalue weighted by atomic mass is 10.1. The third-order valence-electron chi connectivity index (χ3n) is 5.04. The van der Waals surface area contributed by atoms with Gasteiger partial charge in [-0.1, -0.05) is 34.1 Å². The Morgan fingerprint density at radius 1 is 1.27 bits per heavy atom. The highest BCUT2D eigenvalue weighted by molar-refractivity contribution is 14.0. The quantitative estimate of drug-likeness (QED) is 0.250. The van der Waals surface area contributed by atoms with E-state index in [0.29, 0.717) is 18.0 Å². The Kier molecular flexibility index (Phi) is 8.90. The van der Waals surface area contributed by atoms with Crippen LogP contribution in [0.1, 0.15) is 37.7 Å². The molecule has 3 rings (SSSR count). The third kappa shape index (κ3) is 6.23. The molecule has 0 amide bonds. The van der Waals surface area contributed by atoms with Gasteiger partial charge in [-0.25, -0.2) is 0 Å². The van der Waals surface area contributed by atoms with Gasteiger partial charge in [0.2, 0.25) is 0 Å². The monoisotopic (exact) mass is 532 g/mol. The average Bonchev–Trinajstić information content (AvgIpc) is 3.37. The van der Waals surface area contributed by atoms with Crippen LogP contribution in [0.4, 0.5) is 0 Å². The zero-order valence-electron chi connectivity index (χ0n) is 15.5. The first-order valence-electron chi connectivity index (χ1n) is 9.35. The molecule has 0 radical (unpaired) electrons. The minimum Gasteiger partial charge on any atom is -0.354 e. The van der Waals surface area contributed by atoms with Crippen molar-refractivity contribution in [3.63, 3.8) is 0 Å². The van der Waals surface area contributed by atoms with E-state index in [1.807, 2.05) is 6.08 Å². The van der Waals surface area contributed by atoms with E-state index in [1.165, 1.54) is 24.8 Å². The van der Waals surface area contributed by atoms with E-state index in [-0.39, 0.29) is 24.0 Å². The van der Waals surface area contributed by atoms with Gasteiger partial charge in [-0.15, -0.1) is 30.6 Å². The lowest BCUT2D eigenvalue weighted by molar-refractivity contribution is 0.225. The van der Waals surface area contributed by atoms with Crippen molar-refractivity contribution in [1.29, 1.82) is 0 Å². The summed E-state index contributed by atoms with van der Waals surface area (Å²) < 4.78 is 1.14. The lowest BCUT2D eigenvalue weighted by Gasteiger charge is -2.32. The van der Waals surface area contributed by atoms with Crippen molar-refractivity contribution in [1.82, 2.24) is 15.5 Å². The number of hydrogen-bond donors (Lipinski definition) is 2. The molecule has 6 heteroatoms. The van der Waals surface area contributed by atoms with Crippen LogP contribution in [0.5, 0.6) is 0 Å². The van der Waals surface area contributed by atoms with Crippen molar-refractivity contribution in [2.45, 2.75) is 44.2 Å². The maximum Gasteiger partial charge on any atom is 0.191 e. The van der Waals surface area contributed by atoms with E-state index < -0.39 is 0 Å². The molecule has 1 saturated carbocycles. The van der Waals surface area contributed by atoms with Crippen molar-refractivity contribution in [3.05, 3.63) is 47.0 Å². The Hall–Kier alpha value is -0.600. The molecule has 0 spiro atoms. The summed E-state index contributed by atoms with van der Waals surface area (Å²) in [6.07, 6.45) is 5.51. The molecule has 0 aromatic heterocycles. The van der Waals surface area contributed by atoms with Gasteiger partial charge in [0.25, 0.3) is 0 Å². The highest BCUT2D eigenvalue weighted by atomic mass is 127. The van der Waals surface area contributed by atoms with Gasteiger partial charge in [0.05, 0.1) is 0 Å². The van der Waals surface area contributed by atoms with Crippen LogP contribution in [0.3, 0.4) is 0 Å². The number of piperidine rings is 1. The summed E-state index contributed by atoms with van der Waals surface area (Å²) in [5.41, 5.74) is 1.41. The van der Waals surface area contributed by atoms with Crippen LogP contribution in [0.15, 0.2) is 46.4 Å². The van der Waals surface area contributed by atoms with E-state index in [0.717, 1.165) is 36.6 Å². The Balaban J connectivity index is 0.00000243. The van der Waals surface area contributed by atoms with Gasteiger partial charge >= 0.3 is 0 Å². The maximum absolute atomic E-state index is 4.65. The van der Waals surface area contributed by atoms with E-state index in [9.17, 15) is 0 Å². The summed E-state index contributed by atoms with van der Waals surface area (Å²) in [5, 5.41) is 7.29. The first kappa shape index (κ1) is 21.7. The molecule has 2 aliphatic rings. The number of guanidine groups is 1. The zero-order chi connectivity index (χ0) is 17.6. The molecule has 1 heterocycles. The van der Waals surface area contributed by atoms with Gasteiger partial charge < -0.3 is 10.6 Å². The number of hydrogen-bond acceptors (Lipinski definition) is 2. The van der Waals surface area contributed by atoms with Gasteiger partial charge in [-0.3, -0.25) is 9.89 Å². The van der Waals surface area contributed by atoms with E-state index in [1.54, 1.807) is 0 Å². The highest BCUT2D eigenvalue weighted by Gasteiger charge is 2.39. The summed E-state index contributed by atoms with van der Waals surface area (Å²) >= 11 is 3.51. The van der Waals surface area contributed by atoms with Gasteiger partial charge in [-0.2, -0.15) is 0 Å². The van der Waals surface area contributed by atoms with E-state index in [4.69, 9.17) is 0 Å². The SMILES string of the molecule is C=CCN1CCC(NC(=NCC)NC2CC2c2ccc(Br)cc2)CC1.I. The number of nitrogens with zero attached hydrogens (tertiary/aromatic N) is 2. The van der Waals surface area contributed by atoms with Gasteiger partial charge in [0.15, 0.2) is 5.96 Å². The number of benzene rings is 1. The minimum atomic E-state index is 0. The fourth-order valence-electron chi connectivity index (χ4n) is 3.54. The summed E-state index contributed by atoms with van der Waals surface area (Å²) in [6, 6.07) is 9.71. The third-order valence-corrected chi connectivity index (χ3v) is 5.57. The average molecular weight is 533 g/mol. The highest BCUT2D eigenvalue weighted by Crippen LogP contribution is 2.41. The van der Waals surface area contributed by atoms with Crippen molar-refractivity contribution < 1.29 is 0 Å². The molecule has 1 saturated heterocycles. The topological polar surface area (TPSA) is 39.7 Å². The molecule has 2 N–H and O–H groups in total. The first-order valence-corrected chi connectivity index (χ1v) is 10.1. The fraction of sp³-hybridized carbons (Fsp3) is 0.550. The predicted octanol–water partition coefficient (Wildman–Crippen LogP) is 4.13. The summed E-state index contributed by atoms with van der Waals surface area (Å²) in [7, 11) is 0. The number of aliphatic imine (C=N–C) groups is 1. The second-order valence-electron chi connectivity index (χ2n) is 6.98. The van der Waals surface area contributed by atoms with Crippen LogP contribution < -0.4 is 10.6 Å². The summed E-state index contributed by atoms with van der Waals surface area (Å²) in [6.45, 7) is 10.00. The molecule has 26 heavy (non-hydrogen) atoms. The molecule has 1 aliphatic heterocycles. The molecular weight excluding hydrogens is 503 g/mol. The predicted molar refractivity (Wildman–Crippen MR) is 125 cm³/mol. The largest absolute Gasteiger partial charge is 0.354 e. The van der Waals surface area contributed by atoms with Gasteiger partial charge in [0, 0.05) is 48.7 Å². The second-order valence-corrected chi connectivity index (χ2v) is 7.89. The number of rotatable bonds is 6. The first-order chi connectivity index (χ1) is 12.2. The smallest absolute Gasteiger partial charge is 0.191 e. The van der Waals surface area contributed by atoms with Crippen LogP contribution in [0.25, 0.3) is 0 Å². The molecule has 2 fully saturated rings. The molecule has 4 nitrogen and oxygen atoms in total. The van der Waals surface area contributed by atoms with Crippen LogP contribution >= 0.6 is 39.9 Å². The Morgan fingerprint density at radius 3 is 2.58 bits per heavy atom. The van der Waals surface area contributed by atoms with Crippen LogP contribution in [0.2, 0.25) is 0 Å². The molecule has 1 aromatic carbocycles. The van der Waals surface area contributed by atoms with Crippen molar-refractivity contribution in [2.75, 3.05) is 26.2 Å². The summed E-state index contributed by atoms with van der Waals surface area (Å²) in [4.78, 5) is 7.11. The van der Waals surface area contributed by atoms with Crippen molar-refractivity contribution in [2.24, 2.45) is 4.99 Å². The Morgan fingerprint density at radius 2 is 1.96 bits per heavy atom. The van der Waals surface area contributed by atoms with E-state index in [2.05, 4.69) is 74.2 Å². The maximum atomic E-state index is 4.65. The zero-order valence-corrected chi connectivity index (χ0v) is 19.4. The molecule has 1 aromatic rings.